The second kappa shape index (κ2) is 7.05. The monoisotopic (exact) mass is 351 g/mol. The van der Waals surface area contributed by atoms with E-state index in [1.807, 2.05) is 13.1 Å². The van der Waals surface area contributed by atoms with E-state index < -0.39 is 0 Å². The summed E-state index contributed by atoms with van der Waals surface area (Å²) in [6.45, 7) is 1.37. The van der Waals surface area contributed by atoms with Gasteiger partial charge < -0.3 is 20.4 Å². The van der Waals surface area contributed by atoms with Crippen molar-refractivity contribution in [1.82, 2.24) is 20.1 Å². The van der Waals surface area contributed by atoms with Gasteiger partial charge in [-0.1, -0.05) is 30.3 Å². The molecule has 0 spiro atoms. The Labute approximate surface area is 153 Å². The standard InChI is InChI=1S/C20H25N5O/c1-25-19(23-24-20(25)14-9-15(21)10-14)12-22-11-17-16-6-4-3-5-13(16)7-8-18(17)26-2/h3-8,14-15,22H,9-12,21H2,1-2H3. The highest BCUT2D eigenvalue weighted by atomic mass is 16.5. The molecule has 1 fully saturated rings. The molecule has 1 saturated carbocycles. The molecule has 0 bridgehead atoms. The van der Waals surface area contributed by atoms with Gasteiger partial charge in [-0.2, -0.15) is 0 Å². The number of nitrogens with two attached hydrogens (primary N) is 1. The highest BCUT2D eigenvalue weighted by molar-refractivity contribution is 5.87. The molecule has 6 heteroatoms. The second-order valence-electron chi connectivity index (χ2n) is 7.03. The molecule has 0 unspecified atom stereocenters. The Morgan fingerprint density at radius 1 is 1.15 bits per heavy atom. The van der Waals surface area contributed by atoms with Gasteiger partial charge in [0.25, 0.3) is 0 Å². The fourth-order valence-electron chi connectivity index (χ4n) is 3.75. The van der Waals surface area contributed by atoms with Crippen LogP contribution in [0, 0.1) is 0 Å². The summed E-state index contributed by atoms with van der Waals surface area (Å²) in [6.07, 6.45) is 2.01. The lowest BCUT2D eigenvalue weighted by atomic mass is 9.80. The first-order chi connectivity index (χ1) is 12.7. The number of methoxy groups -OCH3 is 1. The van der Waals surface area contributed by atoms with Crippen LogP contribution in [-0.4, -0.2) is 27.9 Å². The molecule has 4 rings (SSSR count). The summed E-state index contributed by atoms with van der Waals surface area (Å²) in [5.41, 5.74) is 7.06. The molecule has 1 aromatic heterocycles. The summed E-state index contributed by atoms with van der Waals surface area (Å²) < 4.78 is 7.66. The van der Waals surface area contributed by atoms with E-state index in [9.17, 15) is 0 Å². The maximum absolute atomic E-state index is 5.90. The molecule has 6 nitrogen and oxygen atoms in total. The van der Waals surface area contributed by atoms with Crippen molar-refractivity contribution >= 4 is 10.8 Å². The molecule has 0 radical (unpaired) electrons. The number of ether oxygens (including phenoxy) is 1. The fraction of sp³-hybridized carbons (Fsp3) is 0.400. The van der Waals surface area contributed by atoms with Crippen LogP contribution in [0.2, 0.25) is 0 Å². The number of hydrogen-bond acceptors (Lipinski definition) is 5. The summed E-state index contributed by atoms with van der Waals surface area (Å²) in [7, 11) is 3.75. The number of benzene rings is 2. The van der Waals surface area contributed by atoms with E-state index in [2.05, 4.69) is 50.4 Å². The van der Waals surface area contributed by atoms with Crippen LogP contribution >= 0.6 is 0 Å². The SMILES string of the molecule is COc1ccc2ccccc2c1CNCc1nnc(C2CC(N)C2)n1C. The zero-order chi connectivity index (χ0) is 18.1. The predicted molar refractivity (Wildman–Crippen MR) is 102 cm³/mol. The number of aromatic nitrogens is 3. The van der Waals surface area contributed by atoms with Crippen LogP contribution in [0.1, 0.15) is 36.0 Å². The zero-order valence-electron chi connectivity index (χ0n) is 15.3. The normalized spacial score (nSPS) is 19.5. The third kappa shape index (κ3) is 3.06. The van der Waals surface area contributed by atoms with E-state index in [0.29, 0.717) is 25.0 Å². The van der Waals surface area contributed by atoms with E-state index in [-0.39, 0.29) is 0 Å². The Kier molecular flexibility index (Phi) is 4.61. The van der Waals surface area contributed by atoms with Crippen molar-refractivity contribution in [3.05, 3.63) is 53.6 Å². The van der Waals surface area contributed by atoms with Crippen molar-refractivity contribution in [3.63, 3.8) is 0 Å². The minimum atomic E-state index is 0.317. The molecule has 2 aromatic carbocycles. The first-order valence-corrected chi connectivity index (χ1v) is 9.06. The van der Waals surface area contributed by atoms with Gasteiger partial charge in [-0.05, 0) is 29.7 Å². The summed E-state index contributed by atoms with van der Waals surface area (Å²) in [4.78, 5) is 0. The predicted octanol–water partition coefficient (Wildman–Crippen LogP) is 2.47. The molecule has 26 heavy (non-hydrogen) atoms. The molecule has 3 aromatic rings. The number of nitrogens with zero attached hydrogens (tertiary/aromatic N) is 3. The zero-order valence-corrected chi connectivity index (χ0v) is 15.3. The van der Waals surface area contributed by atoms with Gasteiger partial charge in [0.15, 0.2) is 0 Å². The summed E-state index contributed by atoms with van der Waals surface area (Å²) >= 11 is 0. The van der Waals surface area contributed by atoms with Gasteiger partial charge in [0.1, 0.15) is 17.4 Å². The number of nitrogens with one attached hydrogen (secondary N) is 1. The molecular weight excluding hydrogens is 326 g/mol. The first-order valence-electron chi connectivity index (χ1n) is 9.06. The van der Waals surface area contributed by atoms with E-state index in [0.717, 1.165) is 35.8 Å². The van der Waals surface area contributed by atoms with E-state index in [1.54, 1.807) is 7.11 Å². The quantitative estimate of drug-likeness (QED) is 0.713. The van der Waals surface area contributed by atoms with Crippen LogP contribution in [0.25, 0.3) is 10.8 Å². The highest BCUT2D eigenvalue weighted by Gasteiger charge is 2.31. The van der Waals surface area contributed by atoms with E-state index in [4.69, 9.17) is 10.5 Å². The van der Waals surface area contributed by atoms with Crippen molar-refractivity contribution in [3.8, 4) is 5.75 Å². The van der Waals surface area contributed by atoms with Crippen molar-refractivity contribution in [1.29, 1.82) is 0 Å². The Hall–Kier alpha value is -2.44. The van der Waals surface area contributed by atoms with Gasteiger partial charge in [0, 0.05) is 31.1 Å². The van der Waals surface area contributed by atoms with Crippen LogP contribution in [0.15, 0.2) is 36.4 Å². The fourth-order valence-corrected chi connectivity index (χ4v) is 3.75. The maximum atomic E-state index is 5.90. The summed E-state index contributed by atoms with van der Waals surface area (Å²) in [6, 6.07) is 12.8. The third-order valence-electron chi connectivity index (χ3n) is 5.34. The smallest absolute Gasteiger partial charge is 0.146 e. The molecule has 0 amide bonds. The Morgan fingerprint density at radius 2 is 1.96 bits per heavy atom. The van der Waals surface area contributed by atoms with Crippen LogP contribution in [0.4, 0.5) is 0 Å². The molecule has 136 valence electrons. The topological polar surface area (TPSA) is 78.0 Å². The first kappa shape index (κ1) is 17.0. The molecule has 1 aliphatic carbocycles. The van der Waals surface area contributed by atoms with Crippen LogP contribution < -0.4 is 15.8 Å². The second-order valence-corrected chi connectivity index (χ2v) is 7.03. The minimum Gasteiger partial charge on any atom is -0.496 e. The maximum Gasteiger partial charge on any atom is 0.146 e. The van der Waals surface area contributed by atoms with Gasteiger partial charge in [-0.3, -0.25) is 0 Å². The Balaban J connectivity index is 1.48. The van der Waals surface area contributed by atoms with E-state index >= 15 is 0 Å². The lowest BCUT2D eigenvalue weighted by Crippen LogP contribution is -2.36. The molecule has 1 heterocycles. The van der Waals surface area contributed by atoms with Crippen LogP contribution in [-0.2, 0) is 20.1 Å². The Morgan fingerprint density at radius 3 is 2.73 bits per heavy atom. The van der Waals surface area contributed by atoms with Gasteiger partial charge in [0.05, 0.1) is 13.7 Å². The van der Waals surface area contributed by atoms with Crippen molar-refractivity contribution in [2.75, 3.05) is 7.11 Å². The lowest BCUT2D eigenvalue weighted by molar-refractivity contribution is 0.331. The highest BCUT2D eigenvalue weighted by Crippen LogP contribution is 2.34. The average Bonchev–Trinajstić information content (AvgIpc) is 2.99. The summed E-state index contributed by atoms with van der Waals surface area (Å²) in [5.74, 6) is 3.35. The van der Waals surface area contributed by atoms with Gasteiger partial charge in [-0.25, -0.2) is 0 Å². The molecule has 0 saturated heterocycles. The molecular formula is C20H25N5O. The van der Waals surface area contributed by atoms with Gasteiger partial charge >= 0.3 is 0 Å². The third-order valence-corrected chi connectivity index (χ3v) is 5.34. The largest absolute Gasteiger partial charge is 0.496 e. The number of fused-ring (bicyclic) bond motifs is 1. The van der Waals surface area contributed by atoms with Crippen molar-refractivity contribution in [2.24, 2.45) is 12.8 Å². The molecule has 1 aliphatic rings. The van der Waals surface area contributed by atoms with Crippen LogP contribution in [0.3, 0.4) is 0 Å². The number of rotatable bonds is 6. The number of hydrogen-bond donors (Lipinski definition) is 2. The van der Waals surface area contributed by atoms with Gasteiger partial charge in [-0.15, -0.1) is 10.2 Å². The van der Waals surface area contributed by atoms with Crippen LogP contribution in [0.5, 0.6) is 5.75 Å². The minimum absolute atomic E-state index is 0.317. The van der Waals surface area contributed by atoms with Crippen molar-refractivity contribution < 1.29 is 4.74 Å². The molecule has 3 N–H and O–H groups in total. The molecule has 0 aliphatic heterocycles. The lowest BCUT2D eigenvalue weighted by Gasteiger charge is -2.31. The van der Waals surface area contributed by atoms with Crippen molar-refractivity contribution in [2.45, 2.75) is 37.9 Å². The Bertz CT molecular complexity index is 914. The van der Waals surface area contributed by atoms with Gasteiger partial charge in [0.2, 0.25) is 0 Å². The summed E-state index contributed by atoms with van der Waals surface area (Å²) in [5, 5.41) is 14.7. The molecule has 0 atom stereocenters. The average molecular weight is 351 g/mol. The van der Waals surface area contributed by atoms with E-state index in [1.165, 1.54) is 10.8 Å².